The lowest BCUT2D eigenvalue weighted by molar-refractivity contribution is 0.0923. The quantitative estimate of drug-likeness (QED) is 0.796. The van der Waals surface area contributed by atoms with E-state index in [1.807, 2.05) is 0 Å². The molecule has 1 atom stereocenters. The standard InChI is InChI=1S/C9H14ClN3O2/c1-5(14)4-11-9(15)7-6(2)12-13(3)8(7)10/h5,14H,4H2,1-3H3,(H,11,15). The molecule has 0 saturated carbocycles. The minimum Gasteiger partial charge on any atom is -0.392 e. The predicted molar refractivity (Wildman–Crippen MR) is 57.0 cm³/mol. The first-order valence-electron chi connectivity index (χ1n) is 4.58. The second kappa shape index (κ2) is 4.63. The van der Waals surface area contributed by atoms with E-state index in [2.05, 4.69) is 10.4 Å². The van der Waals surface area contributed by atoms with Crippen LogP contribution in [0.3, 0.4) is 0 Å². The molecule has 0 fully saturated rings. The Morgan fingerprint density at radius 2 is 2.33 bits per heavy atom. The van der Waals surface area contributed by atoms with E-state index in [-0.39, 0.29) is 12.5 Å². The Hall–Kier alpha value is -1.07. The minimum absolute atomic E-state index is 0.198. The molecule has 6 heteroatoms. The van der Waals surface area contributed by atoms with Gasteiger partial charge in [-0.05, 0) is 13.8 Å². The Labute approximate surface area is 93.0 Å². The van der Waals surface area contributed by atoms with Crippen LogP contribution in [0.2, 0.25) is 5.15 Å². The Balaban J connectivity index is 2.82. The van der Waals surface area contributed by atoms with E-state index in [1.165, 1.54) is 4.68 Å². The molecule has 15 heavy (non-hydrogen) atoms. The number of aliphatic hydroxyl groups excluding tert-OH is 1. The van der Waals surface area contributed by atoms with Crippen LogP contribution in [0.25, 0.3) is 0 Å². The van der Waals surface area contributed by atoms with Crippen LogP contribution in [0.1, 0.15) is 23.0 Å². The average molecular weight is 232 g/mol. The highest BCUT2D eigenvalue weighted by Gasteiger charge is 2.18. The van der Waals surface area contributed by atoms with E-state index < -0.39 is 6.10 Å². The molecule has 0 saturated heterocycles. The van der Waals surface area contributed by atoms with Gasteiger partial charge in [0, 0.05) is 13.6 Å². The minimum atomic E-state index is -0.579. The Bertz CT molecular complexity index is 374. The van der Waals surface area contributed by atoms with Crippen molar-refractivity contribution in [2.24, 2.45) is 7.05 Å². The van der Waals surface area contributed by atoms with E-state index in [0.29, 0.717) is 16.4 Å². The lowest BCUT2D eigenvalue weighted by Gasteiger charge is -2.06. The molecule has 5 nitrogen and oxygen atoms in total. The van der Waals surface area contributed by atoms with E-state index in [0.717, 1.165) is 0 Å². The molecule has 1 unspecified atom stereocenters. The zero-order valence-corrected chi connectivity index (χ0v) is 9.67. The van der Waals surface area contributed by atoms with Crippen molar-refractivity contribution in [3.8, 4) is 0 Å². The Kier molecular flexibility index (Phi) is 3.71. The fraction of sp³-hybridized carbons (Fsp3) is 0.556. The zero-order chi connectivity index (χ0) is 11.6. The third kappa shape index (κ3) is 2.70. The van der Waals surface area contributed by atoms with Crippen molar-refractivity contribution in [1.29, 1.82) is 0 Å². The highest BCUT2D eigenvalue weighted by molar-refractivity contribution is 6.33. The molecular weight excluding hydrogens is 218 g/mol. The monoisotopic (exact) mass is 231 g/mol. The van der Waals surface area contributed by atoms with Crippen LogP contribution in [0, 0.1) is 6.92 Å². The van der Waals surface area contributed by atoms with Crippen molar-refractivity contribution in [3.63, 3.8) is 0 Å². The average Bonchev–Trinajstić information content (AvgIpc) is 2.37. The van der Waals surface area contributed by atoms with Gasteiger partial charge in [-0.25, -0.2) is 0 Å². The second-order valence-corrected chi connectivity index (χ2v) is 3.79. The van der Waals surface area contributed by atoms with Crippen LogP contribution >= 0.6 is 11.6 Å². The van der Waals surface area contributed by atoms with Gasteiger partial charge in [-0.2, -0.15) is 5.10 Å². The first-order valence-corrected chi connectivity index (χ1v) is 4.96. The normalized spacial score (nSPS) is 12.6. The van der Waals surface area contributed by atoms with Gasteiger partial charge >= 0.3 is 0 Å². The largest absolute Gasteiger partial charge is 0.392 e. The Morgan fingerprint density at radius 1 is 1.73 bits per heavy atom. The van der Waals surface area contributed by atoms with Crippen molar-refractivity contribution in [3.05, 3.63) is 16.4 Å². The van der Waals surface area contributed by atoms with Crippen molar-refractivity contribution >= 4 is 17.5 Å². The van der Waals surface area contributed by atoms with E-state index in [9.17, 15) is 4.79 Å². The van der Waals surface area contributed by atoms with Gasteiger partial charge in [0.15, 0.2) is 0 Å². The number of carbonyl (C=O) groups excluding carboxylic acids is 1. The third-order valence-corrected chi connectivity index (χ3v) is 2.37. The summed E-state index contributed by atoms with van der Waals surface area (Å²) < 4.78 is 1.44. The van der Waals surface area contributed by atoms with Crippen LogP contribution in [0.4, 0.5) is 0 Å². The number of nitrogens with one attached hydrogen (secondary N) is 1. The molecule has 0 radical (unpaired) electrons. The van der Waals surface area contributed by atoms with Gasteiger partial charge < -0.3 is 10.4 Å². The molecule has 0 spiro atoms. The van der Waals surface area contributed by atoms with Gasteiger partial charge in [0.1, 0.15) is 5.15 Å². The number of hydrogen-bond donors (Lipinski definition) is 2. The number of carbonyl (C=O) groups is 1. The number of amides is 1. The smallest absolute Gasteiger partial charge is 0.256 e. The lowest BCUT2D eigenvalue weighted by Crippen LogP contribution is -2.30. The molecule has 1 aromatic heterocycles. The van der Waals surface area contributed by atoms with Crippen molar-refractivity contribution in [2.45, 2.75) is 20.0 Å². The molecule has 0 aromatic carbocycles. The maximum absolute atomic E-state index is 11.6. The molecule has 2 N–H and O–H groups in total. The van der Waals surface area contributed by atoms with Gasteiger partial charge in [0.05, 0.1) is 17.4 Å². The molecule has 0 bridgehead atoms. The van der Waals surface area contributed by atoms with Gasteiger partial charge in [0.25, 0.3) is 5.91 Å². The summed E-state index contributed by atoms with van der Waals surface area (Å²) in [5.41, 5.74) is 0.936. The molecular formula is C9H14ClN3O2. The topological polar surface area (TPSA) is 67.2 Å². The first kappa shape index (κ1) is 12.0. The maximum atomic E-state index is 11.6. The fourth-order valence-electron chi connectivity index (χ4n) is 1.22. The lowest BCUT2D eigenvalue weighted by atomic mass is 10.2. The number of rotatable bonds is 3. The molecule has 0 aliphatic heterocycles. The molecule has 1 amide bonds. The van der Waals surface area contributed by atoms with Crippen molar-refractivity contribution < 1.29 is 9.90 Å². The molecule has 1 heterocycles. The van der Waals surface area contributed by atoms with Crippen LogP contribution in [0.5, 0.6) is 0 Å². The molecule has 0 aliphatic carbocycles. The number of hydrogen-bond acceptors (Lipinski definition) is 3. The number of aromatic nitrogens is 2. The maximum Gasteiger partial charge on any atom is 0.256 e. The summed E-state index contributed by atoms with van der Waals surface area (Å²) in [7, 11) is 1.67. The number of aryl methyl sites for hydroxylation is 2. The van der Waals surface area contributed by atoms with Crippen LogP contribution in [0.15, 0.2) is 0 Å². The highest BCUT2D eigenvalue weighted by Crippen LogP contribution is 2.17. The molecule has 84 valence electrons. The summed E-state index contributed by atoms with van der Waals surface area (Å²) in [4.78, 5) is 11.6. The summed E-state index contributed by atoms with van der Waals surface area (Å²) in [6, 6.07) is 0. The van der Waals surface area contributed by atoms with Gasteiger partial charge in [0.2, 0.25) is 0 Å². The summed E-state index contributed by atoms with van der Waals surface area (Å²) >= 11 is 5.90. The molecule has 1 rings (SSSR count). The van der Waals surface area contributed by atoms with E-state index in [1.54, 1.807) is 20.9 Å². The summed E-state index contributed by atoms with van der Waals surface area (Å²) in [5.74, 6) is -0.313. The summed E-state index contributed by atoms with van der Waals surface area (Å²) in [5, 5.41) is 15.9. The number of halogens is 1. The first-order chi connectivity index (χ1) is 6.93. The van der Waals surface area contributed by atoms with Gasteiger partial charge in [-0.15, -0.1) is 0 Å². The molecule has 1 aromatic rings. The van der Waals surface area contributed by atoms with Gasteiger partial charge in [-0.1, -0.05) is 11.6 Å². The van der Waals surface area contributed by atoms with Crippen LogP contribution < -0.4 is 5.32 Å². The van der Waals surface area contributed by atoms with E-state index in [4.69, 9.17) is 16.7 Å². The second-order valence-electron chi connectivity index (χ2n) is 3.43. The molecule has 0 aliphatic rings. The highest BCUT2D eigenvalue weighted by atomic mass is 35.5. The van der Waals surface area contributed by atoms with Gasteiger partial charge in [-0.3, -0.25) is 9.48 Å². The van der Waals surface area contributed by atoms with Crippen molar-refractivity contribution in [2.75, 3.05) is 6.54 Å². The van der Waals surface area contributed by atoms with Crippen molar-refractivity contribution in [1.82, 2.24) is 15.1 Å². The van der Waals surface area contributed by atoms with Crippen LogP contribution in [-0.4, -0.2) is 33.4 Å². The summed E-state index contributed by atoms with van der Waals surface area (Å²) in [6.45, 7) is 3.50. The SMILES string of the molecule is Cc1nn(C)c(Cl)c1C(=O)NCC(C)O. The number of aliphatic hydroxyl groups is 1. The summed E-state index contributed by atoms with van der Waals surface area (Å²) in [6.07, 6.45) is -0.579. The predicted octanol–water partition coefficient (Wildman–Crippen LogP) is 0.493. The Morgan fingerprint density at radius 3 is 2.73 bits per heavy atom. The fourth-order valence-corrected chi connectivity index (χ4v) is 1.48. The van der Waals surface area contributed by atoms with E-state index >= 15 is 0 Å². The third-order valence-electron chi connectivity index (χ3n) is 1.94. The van der Waals surface area contributed by atoms with Crippen LogP contribution in [-0.2, 0) is 7.05 Å². The zero-order valence-electron chi connectivity index (χ0n) is 8.91. The number of nitrogens with zero attached hydrogens (tertiary/aromatic N) is 2.